The van der Waals surface area contributed by atoms with Crippen LogP contribution in [0.25, 0.3) is 28.0 Å². The molecule has 2 N–H and O–H groups in total. The number of aromatic hydroxyl groups is 1. The first kappa shape index (κ1) is 34.6. The van der Waals surface area contributed by atoms with Crippen LogP contribution in [0.15, 0.2) is 115 Å². The fraction of sp³-hybridized carbons (Fsp3) is 0.119. The van der Waals surface area contributed by atoms with Crippen LogP contribution in [0.4, 0.5) is 23.2 Å². The molecule has 0 saturated carbocycles. The molecule has 1 aliphatic carbocycles. The van der Waals surface area contributed by atoms with Crippen molar-refractivity contribution in [2.45, 2.75) is 31.0 Å². The van der Waals surface area contributed by atoms with Crippen molar-refractivity contribution in [1.82, 2.24) is 0 Å². The topological polar surface area (TPSA) is 58.6 Å². The Bertz CT molecular complexity index is 2370. The van der Waals surface area contributed by atoms with Crippen LogP contribution in [0, 0.1) is 43.0 Å². The van der Waals surface area contributed by atoms with E-state index in [0.717, 1.165) is 34.4 Å². The summed E-state index contributed by atoms with van der Waals surface area (Å²) in [7, 11) is 0. The fourth-order valence-corrected chi connectivity index (χ4v) is 7.38. The van der Waals surface area contributed by atoms with Gasteiger partial charge in [-0.05, 0) is 94.4 Å². The number of halogens is 4. The minimum atomic E-state index is -4.61. The number of hydrogen-bond donors (Lipinski definition) is 2. The molecule has 4 nitrogen and oxygen atoms in total. The van der Waals surface area contributed by atoms with E-state index in [2.05, 4.69) is 25.2 Å². The standard InChI is InChI=1S/C42H28F4NO3.U/c1-40(2)35-19-15-29(47-39(49)24-8-16-30(48)17-9-24)23-34(35)36-31-18-12-27(42(44,45)46)22-33(31)38-32(37(36)40)20-21-41(50-38,25-6-4-3-5-7-25)26-10-13-28(43)14-11-26;/h4-23,48H,1-2H3,(H,47,49);/q-1;. The van der Waals surface area contributed by atoms with Crippen molar-refractivity contribution in [3.05, 3.63) is 166 Å². The first-order valence-corrected chi connectivity index (χ1v) is 15.9. The Labute approximate surface area is 315 Å². The SMILES string of the molecule is CC1(C)c2ccc(NC(=O)c3ccc(O)cc3)cc2-c2c1c1c(c3cc(C(F)(F)F)ccc23)OC(c2cc[c-]cc2)(c2ccc(F)cc2)C=C1.[U]. The van der Waals surface area contributed by atoms with E-state index in [1.807, 2.05) is 36.4 Å². The molecule has 6 aromatic rings. The Morgan fingerprint density at radius 1 is 0.843 bits per heavy atom. The normalized spacial score (nSPS) is 16.7. The molecule has 0 aromatic heterocycles. The van der Waals surface area contributed by atoms with E-state index in [9.17, 15) is 27.5 Å². The second-order valence-electron chi connectivity index (χ2n) is 13.1. The van der Waals surface area contributed by atoms with Crippen LogP contribution in [0.3, 0.4) is 0 Å². The second-order valence-corrected chi connectivity index (χ2v) is 13.1. The number of carbonyl (C=O) groups excluding carboxylic acids is 1. The summed E-state index contributed by atoms with van der Waals surface area (Å²) in [5.41, 5.74) is 3.43. The van der Waals surface area contributed by atoms with Crippen molar-refractivity contribution in [1.29, 1.82) is 0 Å². The van der Waals surface area contributed by atoms with Crippen LogP contribution < -0.4 is 10.1 Å². The molecule has 1 unspecified atom stereocenters. The van der Waals surface area contributed by atoms with Crippen LogP contribution in [-0.4, -0.2) is 11.0 Å². The number of amides is 1. The molecule has 0 saturated heterocycles. The zero-order chi connectivity index (χ0) is 35.0. The minimum absolute atomic E-state index is 0. The molecule has 0 fully saturated rings. The maximum atomic E-state index is 14.3. The summed E-state index contributed by atoms with van der Waals surface area (Å²) < 4.78 is 64.0. The predicted octanol–water partition coefficient (Wildman–Crippen LogP) is 10.4. The van der Waals surface area contributed by atoms with Crippen LogP contribution in [-0.2, 0) is 17.2 Å². The zero-order valence-electron chi connectivity index (χ0n) is 27.3. The Hall–Kier alpha value is -4.84. The van der Waals surface area contributed by atoms with Crippen molar-refractivity contribution in [3.63, 3.8) is 0 Å². The number of hydrogen-bond acceptors (Lipinski definition) is 3. The molecule has 1 aliphatic heterocycles. The van der Waals surface area contributed by atoms with E-state index in [0.29, 0.717) is 33.3 Å². The molecular weight excluding hydrogens is 880 g/mol. The third kappa shape index (κ3) is 5.64. The number of carbonyl (C=O) groups is 1. The van der Waals surface area contributed by atoms with Gasteiger partial charge in [0.1, 0.15) is 17.3 Å². The number of alkyl halides is 3. The van der Waals surface area contributed by atoms with Gasteiger partial charge in [-0.15, -0.1) is 5.56 Å². The fourth-order valence-electron chi connectivity index (χ4n) is 7.38. The van der Waals surface area contributed by atoms with Gasteiger partial charge in [0.2, 0.25) is 0 Å². The summed E-state index contributed by atoms with van der Waals surface area (Å²) >= 11 is 0. The molecule has 1 heterocycles. The summed E-state index contributed by atoms with van der Waals surface area (Å²) in [6, 6.07) is 31.2. The largest absolute Gasteiger partial charge is 0.508 e. The van der Waals surface area contributed by atoms with E-state index in [1.165, 1.54) is 42.5 Å². The van der Waals surface area contributed by atoms with Gasteiger partial charge in [0.05, 0.1) is 5.56 Å². The molecule has 51 heavy (non-hydrogen) atoms. The van der Waals surface area contributed by atoms with Crippen LogP contribution in [0.2, 0.25) is 0 Å². The van der Waals surface area contributed by atoms with Crippen LogP contribution in [0.5, 0.6) is 11.5 Å². The van der Waals surface area contributed by atoms with Crippen molar-refractivity contribution in [3.8, 4) is 22.6 Å². The van der Waals surface area contributed by atoms with Crippen LogP contribution in [0.1, 0.15) is 57.6 Å². The number of nitrogens with one attached hydrogen (secondary N) is 1. The molecule has 1 atom stereocenters. The van der Waals surface area contributed by atoms with Gasteiger partial charge in [-0.25, -0.2) is 4.39 Å². The molecule has 0 spiro atoms. The predicted molar refractivity (Wildman–Crippen MR) is 185 cm³/mol. The Morgan fingerprint density at radius 2 is 1.53 bits per heavy atom. The summed E-state index contributed by atoms with van der Waals surface area (Å²) in [6.45, 7) is 4.12. The number of phenols is 1. The van der Waals surface area contributed by atoms with Crippen molar-refractivity contribution in [2.75, 3.05) is 5.32 Å². The number of anilines is 1. The first-order chi connectivity index (χ1) is 23.9. The first-order valence-electron chi connectivity index (χ1n) is 15.9. The molecule has 0 radical (unpaired) electrons. The van der Waals surface area contributed by atoms with Gasteiger partial charge < -0.3 is 15.2 Å². The van der Waals surface area contributed by atoms with Crippen LogP contribution >= 0.6 is 0 Å². The van der Waals surface area contributed by atoms with E-state index in [-0.39, 0.29) is 53.9 Å². The Kier molecular flexibility index (Phi) is 8.44. The molecule has 0 bridgehead atoms. The number of fused-ring (bicyclic) bond motifs is 8. The monoisotopic (exact) mass is 908 g/mol. The summed E-state index contributed by atoms with van der Waals surface area (Å²) in [5, 5.41) is 13.4. The van der Waals surface area contributed by atoms with Gasteiger partial charge in [0.25, 0.3) is 5.91 Å². The second kappa shape index (κ2) is 12.4. The Balaban J connectivity index is 0.00000406. The zero-order valence-corrected chi connectivity index (χ0v) is 31.5. The van der Waals surface area contributed by atoms with Crippen molar-refractivity contribution >= 4 is 28.4 Å². The molecule has 6 aromatic carbocycles. The molecule has 1 amide bonds. The van der Waals surface area contributed by atoms with Gasteiger partial charge in [-0.1, -0.05) is 44.2 Å². The van der Waals surface area contributed by atoms with E-state index >= 15 is 0 Å². The number of rotatable bonds is 4. The van der Waals surface area contributed by atoms with Crippen molar-refractivity contribution in [2.24, 2.45) is 0 Å². The van der Waals surface area contributed by atoms with Gasteiger partial charge in [-0.3, -0.25) is 4.79 Å². The Morgan fingerprint density at radius 3 is 2.22 bits per heavy atom. The third-order valence-electron chi connectivity index (χ3n) is 9.77. The number of ether oxygens (including phenoxy) is 1. The molecule has 2 aliphatic rings. The number of benzene rings is 6. The average Bonchev–Trinajstić information content (AvgIpc) is 3.34. The van der Waals surface area contributed by atoms with E-state index < -0.39 is 28.6 Å². The van der Waals surface area contributed by atoms with Crippen molar-refractivity contribution < 1.29 is 63.3 Å². The van der Waals surface area contributed by atoms with E-state index in [1.54, 1.807) is 30.3 Å². The molecule has 8 rings (SSSR count). The van der Waals surface area contributed by atoms with Gasteiger partial charge in [0, 0.05) is 64.3 Å². The third-order valence-corrected chi connectivity index (χ3v) is 9.77. The maximum absolute atomic E-state index is 14.3. The molecule has 9 heteroatoms. The maximum Gasteiger partial charge on any atom is 0.416 e. The smallest absolute Gasteiger partial charge is 0.416 e. The quantitative estimate of drug-likeness (QED) is 0.137. The molecule has 252 valence electrons. The summed E-state index contributed by atoms with van der Waals surface area (Å²) in [6.07, 6.45) is -0.838. The van der Waals surface area contributed by atoms with E-state index in [4.69, 9.17) is 4.74 Å². The average molecular weight is 909 g/mol. The van der Waals surface area contributed by atoms with Gasteiger partial charge in [-0.2, -0.15) is 43.5 Å². The minimum Gasteiger partial charge on any atom is -0.508 e. The summed E-state index contributed by atoms with van der Waals surface area (Å²) in [5.74, 6) is -0.482. The summed E-state index contributed by atoms with van der Waals surface area (Å²) in [4.78, 5) is 13.1. The van der Waals surface area contributed by atoms with Gasteiger partial charge >= 0.3 is 6.18 Å². The number of phenolic OH excluding ortho intramolecular Hbond substituents is 1. The molecular formula is C42H28F4NO3U-. The van der Waals surface area contributed by atoms with Gasteiger partial charge in [0.15, 0.2) is 5.60 Å².